The fraction of sp³-hybridized carbons (Fsp3) is 1.00. The molecule has 139 valence electrons. The van der Waals surface area contributed by atoms with E-state index in [0.717, 1.165) is 0 Å². The van der Waals surface area contributed by atoms with E-state index in [4.69, 9.17) is 28.4 Å². The van der Waals surface area contributed by atoms with Gasteiger partial charge in [0.15, 0.2) is 0 Å². The Bertz CT molecular complexity index is 259. The standard InChI is InChI=1S/C16H31O7.Hg/c1-15-11-20-7-3-18-5-9-22-13-16(2,17)14-23-10-6-19-4-8-21-12-15;/h17H,3-14H2,1-2H3;. The van der Waals surface area contributed by atoms with Crippen LogP contribution in [0, 0.1) is 0 Å². The van der Waals surface area contributed by atoms with Gasteiger partial charge in [-0.2, -0.15) is 0 Å². The average Bonchev–Trinajstić information content (AvgIpc) is 2.50. The zero-order valence-electron chi connectivity index (χ0n) is 15.1. The van der Waals surface area contributed by atoms with Gasteiger partial charge in [0.1, 0.15) is 0 Å². The van der Waals surface area contributed by atoms with E-state index in [0.29, 0.717) is 92.2 Å². The SMILES string of the molecule is CC1(O)COCCOCCOC[C](C)([Hg])COCCOCCOC1. The molecule has 0 amide bonds. The van der Waals surface area contributed by atoms with Gasteiger partial charge in [0.25, 0.3) is 0 Å². The number of hydrogen-bond acceptors (Lipinski definition) is 7. The Morgan fingerprint density at radius 2 is 0.875 bits per heavy atom. The molecule has 0 aromatic rings. The summed E-state index contributed by atoms with van der Waals surface area (Å²) < 4.78 is 33.3. The zero-order chi connectivity index (χ0) is 17.7. The van der Waals surface area contributed by atoms with Gasteiger partial charge in [-0.1, -0.05) is 0 Å². The molecular formula is C16H31HgO7. The summed E-state index contributed by atoms with van der Waals surface area (Å²) in [6.07, 6.45) is 0. The van der Waals surface area contributed by atoms with E-state index in [2.05, 4.69) is 6.92 Å². The zero-order valence-corrected chi connectivity index (χ0v) is 20.6. The topological polar surface area (TPSA) is 75.6 Å². The van der Waals surface area contributed by atoms with Gasteiger partial charge < -0.3 is 0 Å². The molecule has 0 bridgehead atoms. The van der Waals surface area contributed by atoms with E-state index >= 15 is 0 Å². The summed E-state index contributed by atoms with van der Waals surface area (Å²) in [5.41, 5.74) is -1.01. The first kappa shape index (κ1) is 22.7. The Hall–Kier alpha value is 0.655. The molecule has 0 aromatic carbocycles. The summed E-state index contributed by atoms with van der Waals surface area (Å²) in [6, 6.07) is 0. The fourth-order valence-electron chi connectivity index (χ4n) is 1.98. The van der Waals surface area contributed by atoms with Gasteiger partial charge in [0.05, 0.1) is 0 Å². The van der Waals surface area contributed by atoms with Crippen molar-refractivity contribution in [3.63, 3.8) is 0 Å². The molecule has 1 N–H and O–H groups in total. The second-order valence-corrected chi connectivity index (χ2v) is 13.4. The number of aliphatic hydroxyl groups is 1. The van der Waals surface area contributed by atoms with Crippen molar-refractivity contribution in [3.05, 3.63) is 0 Å². The summed E-state index contributed by atoms with van der Waals surface area (Å²) in [7, 11) is 0. The molecule has 1 rings (SSSR count). The summed E-state index contributed by atoms with van der Waals surface area (Å²) >= 11 is 0.553. The van der Waals surface area contributed by atoms with E-state index in [1.54, 1.807) is 6.92 Å². The molecule has 0 radical (unpaired) electrons. The van der Waals surface area contributed by atoms with Crippen LogP contribution in [0.15, 0.2) is 0 Å². The molecule has 1 aliphatic heterocycles. The van der Waals surface area contributed by atoms with E-state index in [9.17, 15) is 5.11 Å². The monoisotopic (exact) mass is 537 g/mol. The Labute approximate surface area is 161 Å². The first-order valence-corrected chi connectivity index (χ1v) is 11.2. The maximum atomic E-state index is 10.1. The molecule has 8 heteroatoms. The molecule has 7 nitrogen and oxygen atoms in total. The molecule has 0 atom stereocenters. The Morgan fingerprint density at radius 3 is 1.25 bits per heavy atom. The third-order valence-electron chi connectivity index (χ3n) is 3.22. The van der Waals surface area contributed by atoms with Crippen molar-refractivity contribution in [1.82, 2.24) is 0 Å². The van der Waals surface area contributed by atoms with Gasteiger partial charge in [-0.15, -0.1) is 0 Å². The van der Waals surface area contributed by atoms with Crippen LogP contribution in [-0.2, 0) is 54.5 Å². The molecule has 0 saturated carbocycles. The van der Waals surface area contributed by atoms with Crippen LogP contribution in [0.1, 0.15) is 13.8 Å². The van der Waals surface area contributed by atoms with Gasteiger partial charge in [-0.05, 0) is 0 Å². The molecule has 0 unspecified atom stereocenters. The third-order valence-corrected chi connectivity index (χ3v) is 4.80. The van der Waals surface area contributed by atoms with Crippen molar-refractivity contribution >= 4 is 0 Å². The van der Waals surface area contributed by atoms with E-state index < -0.39 is 5.60 Å². The molecular weight excluding hydrogens is 505 g/mol. The van der Waals surface area contributed by atoms with Crippen molar-refractivity contribution in [2.45, 2.75) is 22.4 Å². The van der Waals surface area contributed by atoms with Gasteiger partial charge in [0, 0.05) is 0 Å². The van der Waals surface area contributed by atoms with E-state index in [1.807, 2.05) is 0 Å². The van der Waals surface area contributed by atoms with Crippen molar-refractivity contribution in [2.24, 2.45) is 0 Å². The predicted molar refractivity (Wildman–Crippen MR) is 83.9 cm³/mol. The summed E-state index contributed by atoms with van der Waals surface area (Å²) in [5, 5.41) is 10.1. The summed E-state index contributed by atoms with van der Waals surface area (Å²) in [6.45, 7) is 9.78. The third kappa shape index (κ3) is 12.9. The average molecular weight is 536 g/mol. The summed E-state index contributed by atoms with van der Waals surface area (Å²) in [4.78, 5) is 0. The molecule has 1 saturated heterocycles. The van der Waals surface area contributed by atoms with Crippen molar-refractivity contribution in [3.8, 4) is 0 Å². The molecule has 1 aliphatic rings. The van der Waals surface area contributed by atoms with Gasteiger partial charge >= 0.3 is 161 Å². The second-order valence-electron chi connectivity index (χ2n) is 6.74. The van der Waals surface area contributed by atoms with Crippen LogP contribution in [0.4, 0.5) is 0 Å². The van der Waals surface area contributed by atoms with Crippen molar-refractivity contribution < 1.29 is 59.6 Å². The fourth-order valence-corrected chi connectivity index (χ4v) is 3.10. The van der Waals surface area contributed by atoms with Gasteiger partial charge in [0.2, 0.25) is 0 Å². The normalized spacial score (nSPS) is 34.5. The van der Waals surface area contributed by atoms with Gasteiger partial charge in [-0.25, -0.2) is 0 Å². The molecule has 24 heavy (non-hydrogen) atoms. The maximum absolute atomic E-state index is 10.1. The Morgan fingerprint density at radius 1 is 0.583 bits per heavy atom. The number of ether oxygens (including phenoxy) is 6. The minimum atomic E-state index is -1.01. The van der Waals surface area contributed by atoms with Crippen LogP contribution in [0.5, 0.6) is 0 Å². The van der Waals surface area contributed by atoms with Crippen LogP contribution in [0.25, 0.3) is 0 Å². The number of hydrogen-bond donors (Lipinski definition) is 1. The Kier molecular flexibility index (Phi) is 12.2. The van der Waals surface area contributed by atoms with E-state index in [-0.39, 0.29) is 16.1 Å². The quantitative estimate of drug-likeness (QED) is 0.455. The first-order chi connectivity index (χ1) is 11.4. The van der Waals surface area contributed by atoms with Crippen LogP contribution in [0.3, 0.4) is 0 Å². The van der Waals surface area contributed by atoms with Crippen LogP contribution in [0.2, 0.25) is 2.92 Å². The molecule has 1 heterocycles. The minimum absolute atomic E-state index is 0.151. The number of rotatable bonds is 0. The molecule has 0 aliphatic carbocycles. The van der Waals surface area contributed by atoms with Crippen LogP contribution in [-0.4, -0.2) is 90.0 Å². The van der Waals surface area contributed by atoms with E-state index in [1.165, 1.54) is 0 Å². The second kappa shape index (κ2) is 12.9. The van der Waals surface area contributed by atoms with Crippen molar-refractivity contribution in [1.29, 1.82) is 0 Å². The van der Waals surface area contributed by atoms with Crippen LogP contribution < -0.4 is 0 Å². The van der Waals surface area contributed by atoms with Crippen LogP contribution >= 0.6 is 0 Å². The molecule has 0 spiro atoms. The first-order valence-electron chi connectivity index (χ1n) is 8.46. The molecule has 0 aromatic heterocycles. The molecule has 1 fully saturated rings. The Balaban J connectivity index is 2.29. The van der Waals surface area contributed by atoms with Gasteiger partial charge in [-0.3, -0.25) is 0 Å². The van der Waals surface area contributed by atoms with Crippen molar-refractivity contribution in [2.75, 3.05) is 79.3 Å². The summed E-state index contributed by atoms with van der Waals surface area (Å²) in [5.74, 6) is 0. The predicted octanol–water partition coefficient (Wildman–Crippen LogP) is 0.576.